The Morgan fingerprint density at radius 2 is 1.23 bits per heavy atom. The molecule has 141 valence electrons. The van der Waals surface area contributed by atoms with Crippen LogP contribution in [-0.2, 0) is 8.44 Å². The Kier molecular flexibility index (Phi) is 2.60. The van der Waals surface area contributed by atoms with Gasteiger partial charge < -0.3 is 0 Å². The Morgan fingerprint density at radius 3 is 1.81 bits per heavy atom. The van der Waals surface area contributed by atoms with Crippen molar-refractivity contribution in [1.82, 2.24) is 0 Å². The molecule has 2 aromatic carbocycles. The Labute approximate surface area is 155 Å². The van der Waals surface area contributed by atoms with Gasteiger partial charge in [0.05, 0.1) is 0 Å². The van der Waals surface area contributed by atoms with Crippen molar-refractivity contribution in [3.05, 3.63) is 78.9 Å². The first kappa shape index (κ1) is 19.8. The molecule has 2 aromatic rings. The zero-order valence-electron chi connectivity index (χ0n) is 16.2. The number of benzene rings is 2. The van der Waals surface area contributed by atoms with Crippen LogP contribution < -0.4 is 3.32 Å². The van der Waals surface area contributed by atoms with E-state index in [9.17, 15) is 0 Å². The molecule has 0 spiro atoms. The number of para-hydroxylation sites is 1. The molecule has 1 aliphatic carbocycles. The molecule has 1 nitrogen and oxygen atoms in total. The van der Waals surface area contributed by atoms with Gasteiger partial charge in [0.1, 0.15) is 0 Å². The maximum atomic E-state index is 7.81. The molecule has 0 saturated heterocycles. The molecule has 0 bridgehead atoms. The third-order valence-corrected chi connectivity index (χ3v) is 17.6. The predicted octanol–water partition coefficient (Wildman–Crippen LogP) is 8.94. The van der Waals surface area contributed by atoms with Crippen molar-refractivity contribution in [3.63, 3.8) is 0 Å². The maximum absolute atomic E-state index is 7.81. The molecule has 0 amide bonds. The van der Waals surface area contributed by atoms with E-state index in [1.54, 1.807) is 0 Å². The van der Waals surface area contributed by atoms with Crippen LogP contribution in [-0.4, -0.2) is 0 Å². The van der Waals surface area contributed by atoms with E-state index in [1.165, 1.54) is 0 Å². The first-order valence-corrected chi connectivity index (χ1v) is 22.9. The van der Waals surface area contributed by atoms with Crippen LogP contribution in [0.5, 0.6) is 5.75 Å². The van der Waals surface area contributed by atoms with Crippen molar-refractivity contribution in [2.45, 2.75) is 30.4 Å². The molecule has 1 aliphatic rings. The third kappa shape index (κ3) is 3.69. The van der Waals surface area contributed by atoms with E-state index in [2.05, 4.69) is 12.1 Å². The average Bonchev–Trinajstić information content (AvgIpc) is 3.02. The Balaban J connectivity index is 2.33. The minimum absolute atomic E-state index is 0.276. The van der Waals surface area contributed by atoms with Crippen LogP contribution in [0.25, 0.3) is 11.1 Å². The molecule has 0 saturated carbocycles. The van der Waals surface area contributed by atoms with E-state index in [4.69, 9.17) is 21.9 Å². The molecule has 0 radical (unpaired) electrons. The van der Waals surface area contributed by atoms with Gasteiger partial charge in [-0.25, -0.2) is 0 Å². The van der Waals surface area contributed by atoms with Gasteiger partial charge in [0, 0.05) is 0 Å². The Bertz CT molecular complexity index is 1000. The van der Waals surface area contributed by atoms with Gasteiger partial charge in [-0.15, -0.1) is 0 Å². The SMILES string of the molecule is [CH3][Ti]([CH3])([CH3])([CH3])([CH3])([Cl])([Cl])([O]c1ccccc1-c1ccccc1)[CH]1C=CC=C1. The molecule has 0 N–H and O–H groups in total. The molecular formula is C22H29Cl2OTi. The van der Waals surface area contributed by atoms with Crippen molar-refractivity contribution in [3.8, 4) is 16.9 Å². The summed E-state index contributed by atoms with van der Waals surface area (Å²) in [7, 11) is 9.14. The zero-order valence-corrected chi connectivity index (χ0v) is 19.3. The van der Waals surface area contributed by atoms with E-state index >= 15 is 0 Å². The first-order valence-electron chi connectivity index (χ1n) is 9.23. The summed E-state index contributed by atoms with van der Waals surface area (Å²) in [5, 5.41) is 9.63. The van der Waals surface area contributed by atoms with Gasteiger partial charge in [-0.05, 0) is 0 Å². The van der Waals surface area contributed by atoms with Crippen LogP contribution in [0, 0.1) is 0 Å². The first-order chi connectivity index (χ1) is 11.3. The van der Waals surface area contributed by atoms with Crippen LogP contribution in [0.4, 0.5) is 0 Å². The van der Waals surface area contributed by atoms with Crippen LogP contribution in [0.2, 0.25) is 30.4 Å². The molecule has 0 heterocycles. The molecule has 0 fully saturated rings. The summed E-state index contributed by atoms with van der Waals surface area (Å²) in [6.07, 6.45) is 8.03. The van der Waals surface area contributed by atoms with E-state index in [0.717, 1.165) is 11.1 Å². The van der Waals surface area contributed by atoms with Gasteiger partial charge in [-0.3, -0.25) is 0 Å². The van der Waals surface area contributed by atoms with E-state index in [1.807, 2.05) is 92.9 Å². The molecule has 4 heteroatoms. The molecule has 3 rings (SSSR count). The molecule has 0 aromatic heterocycles. The van der Waals surface area contributed by atoms with E-state index < -0.39 is 8.44 Å². The molecular weight excluding hydrogens is 399 g/mol. The van der Waals surface area contributed by atoms with Crippen LogP contribution >= 0.6 is 18.6 Å². The van der Waals surface area contributed by atoms with Crippen molar-refractivity contribution in [1.29, 1.82) is 0 Å². The number of halogens is 2. The topological polar surface area (TPSA) is 9.23 Å². The van der Waals surface area contributed by atoms with Gasteiger partial charge in [0.2, 0.25) is 0 Å². The predicted molar refractivity (Wildman–Crippen MR) is 116 cm³/mol. The number of hydrogen-bond acceptors (Lipinski definition) is 1. The van der Waals surface area contributed by atoms with E-state index in [-0.39, 0.29) is 4.22 Å². The average molecular weight is 428 g/mol. The number of hydrogen-bond donors (Lipinski definition) is 0. The summed E-state index contributed by atoms with van der Waals surface area (Å²) in [5.41, 5.74) is 2.02. The van der Waals surface area contributed by atoms with Crippen molar-refractivity contribution in [2.24, 2.45) is 0 Å². The molecule has 0 unspecified atom stereocenters. The van der Waals surface area contributed by atoms with Crippen LogP contribution in [0.3, 0.4) is 0 Å². The summed E-state index contributed by atoms with van der Waals surface area (Å²) in [6, 6.07) is 18.1. The summed E-state index contributed by atoms with van der Waals surface area (Å²) in [5.74, 6) is 0.679. The van der Waals surface area contributed by atoms with Crippen LogP contribution in [0.1, 0.15) is 0 Å². The van der Waals surface area contributed by atoms with Crippen molar-refractivity contribution < 1.29 is 11.8 Å². The monoisotopic (exact) mass is 427 g/mol. The second-order valence-electron chi connectivity index (χ2n) is 14.2. The fraction of sp³-hybridized carbons (Fsp3) is 0.273. The number of allylic oxidation sites excluding steroid dienone is 4. The summed E-state index contributed by atoms with van der Waals surface area (Å²) < 4.78 is 6.71. The fourth-order valence-corrected chi connectivity index (χ4v) is 12.4. The third-order valence-electron chi connectivity index (χ3n) is 5.53. The van der Waals surface area contributed by atoms with Crippen molar-refractivity contribution in [2.75, 3.05) is 0 Å². The van der Waals surface area contributed by atoms with Crippen molar-refractivity contribution >= 4 is 18.6 Å². The standard InChI is InChI=1S/C12H10O.C5H5.5CH3.2ClH.Ti/c13-12-9-5-4-8-11(12)10-6-2-1-3-7-10;1-2-4-5-3-1;;;;;;;;/h1-9,13H;1-5H;5*1H3;2*1H;/q;;;;;;;;;+3/p-3. The second-order valence-corrected chi connectivity index (χ2v) is 67.5. The molecule has 0 aliphatic heterocycles. The van der Waals surface area contributed by atoms with Gasteiger partial charge in [0.25, 0.3) is 0 Å². The second kappa shape index (κ2) is 3.42. The molecule has 26 heavy (non-hydrogen) atoms. The van der Waals surface area contributed by atoms with Gasteiger partial charge >= 0.3 is 157 Å². The van der Waals surface area contributed by atoms with Gasteiger partial charge in [-0.2, -0.15) is 0 Å². The number of rotatable bonds is 4. The Morgan fingerprint density at radius 1 is 0.731 bits per heavy atom. The normalized spacial score (nSPS) is 23.0. The quantitative estimate of drug-likeness (QED) is 0.442. The zero-order chi connectivity index (χ0) is 19.5. The van der Waals surface area contributed by atoms with Crippen LogP contribution in [0.15, 0.2) is 78.9 Å². The van der Waals surface area contributed by atoms with Gasteiger partial charge in [0.15, 0.2) is 0 Å². The molecule has 0 atom stereocenters. The van der Waals surface area contributed by atoms with E-state index in [0.29, 0.717) is 5.75 Å². The fourth-order valence-electron chi connectivity index (χ4n) is 3.79. The summed E-state index contributed by atoms with van der Waals surface area (Å²) in [6.45, 7) is 0. The summed E-state index contributed by atoms with van der Waals surface area (Å²) in [4.78, 5) is 0. The van der Waals surface area contributed by atoms with Gasteiger partial charge in [-0.1, -0.05) is 0 Å². The minimum atomic E-state index is -6.47. The Hall–Kier alpha value is -0.986. The summed E-state index contributed by atoms with van der Waals surface area (Å²) >= 11 is 0.